The first-order valence-electron chi connectivity index (χ1n) is 8.86. The van der Waals surface area contributed by atoms with Crippen LogP contribution in [-0.4, -0.2) is 42.3 Å². The van der Waals surface area contributed by atoms with Crippen molar-refractivity contribution in [3.8, 4) is 5.75 Å². The lowest BCUT2D eigenvalue weighted by Gasteiger charge is -2.24. The molecule has 0 radical (unpaired) electrons. The summed E-state index contributed by atoms with van der Waals surface area (Å²) in [4.78, 5) is 26.1. The molecule has 1 heterocycles. The van der Waals surface area contributed by atoms with Crippen LogP contribution in [-0.2, 0) is 9.53 Å². The molecule has 9 heteroatoms. The minimum Gasteiger partial charge on any atom is -0.481 e. The minimum atomic E-state index is -0.555. The topological polar surface area (TPSA) is 55.8 Å². The van der Waals surface area contributed by atoms with Crippen LogP contribution < -0.4 is 4.74 Å². The Kier molecular flexibility index (Phi) is 7.27. The number of ether oxygens (including phenoxy) is 2. The van der Waals surface area contributed by atoms with Crippen LogP contribution in [0.4, 0.5) is 4.39 Å². The number of esters is 1. The molecule has 1 aliphatic rings. The molecule has 0 aliphatic carbocycles. The second-order valence-electron chi connectivity index (χ2n) is 6.11. The van der Waals surface area contributed by atoms with Crippen LogP contribution in [0.15, 0.2) is 36.4 Å². The molecule has 0 spiro atoms. The Morgan fingerprint density at radius 1 is 1.24 bits per heavy atom. The first-order valence-corrected chi connectivity index (χ1v) is 10.7. The van der Waals surface area contributed by atoms with E-state index in [1.807, 2.05) is 0 Å². The molecule has 0 unspecified atom stereocenters. The van der Waals surface area contributed by atoms with Gasteiger partial charge in [-0.3, -0.25) is 4.79 Å². The molecule has 1 saturated heterocycles. The Morgan fingerprint density at radius 3 is 2.59 bits per heavy atom. The van der Waals surface area contributed by atoms with E-state index in [2.05, 4.69) is 0 Å². The van der Waals surface area contributed by atoms with Gasteiger partial charge in [0.15, 0.2) is 12.4 Å². The lowest BCUT2D eigenvalue weighted by molar-refractivity contribution is -0.133. The fourth-order valence-electron chi connectivity index (χ4n) is 2.91. The summed E-state index contributed by atoms with van der Waals surface area (Å²) in [6, 6.07) is 9.14. The molecule has 1 fully saturated rings. The van der Waals surface area contributed by atoms with Crippen LogP contribution in [0.1, 0.15) is 28.2 Å². The summed E-state index contributed by atoms with van der Waals surface area (Å²) in [5, 5.41) is -0.228. The Labute approximate surface area is 182 Å². The van der Waals surface area contributed by atoms with Crippen molar-refractivity contribution < 1.29 is 23.5 Å². The number of benzene rings is 2. The van der Waals surface area contributed by atoms with Gasteiger partial charge in [0.05, 0.1) is 22.2 Å². The molecule has 0 saturated carbocycles. The van der Waals surface area contributed by atoms with E-state index in [-0.39, 0.29) is 46.3 Å². The van der Waals surface area contributed by atoms with Gasteiger partial charge in [0.25, 0.3) is 5.91 Å². The van der Waals surface area contributed by atoms with E-state index in [1.54, 1.807) is 30.0 Å². The quantitative estimate of drug-likeness (QED) is 0.573. The van der Waals surface area contributed by atoms with Gasteiger partial charge in [-0.15, -0.1) is 11.8 Å². The van der Waals surface area contributed by atoms with Crippen molar-refractivity contribution in [2.45, 2.75) is 12.3 Å². The van der Waals surface area contributed by atoms with Crippen LogP contribution in [0.25, 0.3) is 0 Å². The molecule has 1 amide bonds. The summed E-state index contributed by atoms with van der Waals surface area (Å²) < 4.78 is 24.6. The average Bonchev–Trinajstić information content (AvgIpc) is 3.17. The van der Waals surface area contributed by atoms with Gasteiger partial charge in [-0.2, -0.15) is 0 Å². The van der Waals surface area contributed by atoms with Crippen LogP contribution in [0.3, 0.4) is 0 Å². The zero-order valence-corrected chi connectivity index (χ0v) is 17.8. The maximum atomic E-state index is 14.1. The van der Waals surface area contributed by atoms with Crippen molar-refractivity contribution in [1.29, 1.82) is 0 Å². The molecule has 5 nitrogen and oxygen atoms in total. The van der Waals surface area contributed by atoms with E-state index in [1.165, 1.54) is 30.0 Å². The van der Waals surface area contributed by atoms with E-state index >= 15 is 0 Å². The number of halogens is 3. The van der Waals surface area contributed by atoms with Gasteiger partial charge in [-0.1, -0.05) is 41.4 Å². The summed E-state index contributed by atoms with van der Waals surface area (Å²) in [5.41, 5.74) is 0.647. The summed E-state index contributed by atoms with van der Waals surface area (Å²) in [6.07, 6.45) is 0. The number of rotatable bonds is 6. The number of thioether (sulfide) groups is 1. The highest BCUT2D eigenvalue weighted by Gasteiger charge is 2.32. The molecule has 0 bridgehead atoms. The standard InChI is InChI=1S/C20H18Cl2FNO4S/c1-2-27-20(26)12-9-14(21)18(15(22)10-12)28-11-17(25)24-7-8-29-19(24)13-5-3-4-6-16(13)23/h3-6,9-10,19H,2,7-8,11H2,1H3/t19-/m1/s1. The predicted octanol–water partition coefficient (Wildman–Crippen LogP) is 4.96. The largest absolute Gasteiger partial charge is 0.481 e. The highest BCUT2D eigenvalue weighted by atomic mass is 35.5. The Morgan fingerprint density at radius 2 is 1.93 bits per heavy atom. The molecule has 154 valence electrons. The lowest BCUT2D eigenvalue weighted by Crippen LogP contribution is -2.34. The van der Waals surface area contributed by atoms with Gasteiger partial charge >= 0.3 is 5.97 Å². The predicted molar refractivity (Wildman–Crippen MR) is 111 cm³/mol. The van der Waals surface area contributed by atoms with Gasteiger partial charge in [0.2, 0.25) is 0 Å². The highest BCUT2D eigenvalue weighted by Crippen LogP contribution is 2.39. The van der Waals surface area contributed by atoms with Gasteiger partial charge < -0.3 is 14.4 Å². The zero-order valence-electron chi connectivity index (χ0n) is 15.5. The Balaban J connectivity index is 1.70. The van der Waals surface area contributed by atoms with E-state index < -0.39 is 11.3 Å². The molecule has 0 aromatic heterocycles. The SMILES string of the molecule is CCOC(=O)c1cc(Cl)c(OCC(=O)N2CCS[C@@H]2c2ccccc2F)c(Cl)c1. The molecular weight excluding hydrogens is 440 g/mol. The number of hydrogen-bond donors (Lipinski definition) is 0. The number of carbonyl (C=O) groups excluding carboxylic acids is 2. The van der Waals surface area contributed by atoms with Crippen LogP contribution in [0, 0.1) is 5.82 Å². The minimum absolute atomic E-state index is 0.0924. The van der Waals surface area contributed by atoms with Crippen molar-refractivity contribution >= 4 is 46.8 Å². The number of carbonyl (C=O) groups is 2. The molecule has 1 atom stereocenters. The Hall–Kier alpha value is -1.96. The Bertz CT molecular complexity index is 904. The maximum Gasteiger partial charge on any atom is 0.338 e. The summed E-state index contributed by atoms with van der Waals surface area (Å²) >= 11 is 13.8. The normalized spacial score (nSPS) is 16.0. The van der Waals surface area contributed by atoms with Crippen molar-refractivity contribution in [1.82, 2.24) is 4.90 Å². The first kappa shape index (κ1) is 21.7. The van der Waals surface area contributed by atoms with Gasteiger partial charge in [0.1, 0.15) is 11.2 Å². The van der Waals surface area contributed by atoms with Gasteiger partial charge in [-0.25, -0.2) is 9.18 Å². The van der Waals surface area contributed by atoms with Crippen LogP contribution >= 0.6 is 35.0 Å². The zero-order chi connectivity index (χ0) is 21.0. The third kappa shape index (κ3) is 4.97. The third-order valence-corrected chi connectivity index (χ3v) is 6.04. The molecule has 2 aromatic carbocycles. The summed E-state index contributed by atoms with van der Waals surface area (Å²) in [6.45, 7) is 2.08. The molecule has 2 aromatic rings. The second kappa shape index (κ2) is 9.69. The number of hydrogen-bond acceptors (Lipinski definition) is 5. The van der Waals surface area contributed by atoms with E-state index in [9.17, 15) is 14.0 Å². The van der Waals surface area contributed by atoms with Crippen molar-refractivity contribution in [2.24, 2.45) is 0 Å². The molecule has 3 rings (SSSR count). The molecular formula is C20H18Cl2FNO4S. The van der Waals surface area contributed by atoms with Crippen LogP contribution in [0.5, 0.6) is 5.75 Å². The van der Waals surface area contributed by atoms with Crippen molar-refractivity contribution in [3.05, 3.63) is 63.4 Å². The van der Waals surface area contributed by atoms with E-state index in [0.29, 0.717) is 17.9 Å². The summed E-state index contributed by atoms with van der Waals surface area (Å²) in [7, 11) is 0. The number of amides is 1. The molecule has 1 aliphatic heterocycles. The van der Waals surface area contributed by atoms with Crippen LogP contribution in [0.2, 0.25) is 10.0 Å². The van der Waals surface area contributed by atoms with Crippen molar-refractivity contribution in [2.75, 3.05) is 25.5 Å². The lowest BCUT2D eigenvalue weighted by atomic mass is 10.2. The van der Waals surface area contributed by atoms with E-state index in [4.69, 9.17) is 32.7 Å². The smallest absolute Gasteiger partial charge is 0.338 e. The average molecular weight is 458 g/mol. The molecule has 0 N–H and O–H groups in total. The second-order valence-corrected chi connectivity index (χ2v) is 8.11. The van der Waals surface area contributed by atoms with Gasteiger partial charge in [0, 0.05) is 17.9 Å². The summed E-state index contributed by atoms with van der Waals surface area (Å²) in [5.74, 6) is -0.429. The number of nitrogens with zero attached hydrogens (tertiary/aromatic N) is 1. The fraction of sp³-hybridized carbons (Fsp3) is 0.300. The monoisotopic (exact) mass is 457 g/mol. The molecule has 29 heavy (non-hydrogen) atoms. The third-order valence-electron chi connectivity index (χ3n) is 4.23. The van der Waals surface area contributed by atoms with Crippen molar-refractivity contribution in [3.63, 3.8) is 0 Å². The first-order chi connectivity index (χ1) is 13.9. The highest BCUT2D eigenvalue weighted by molar-refractivity contribution is 7.99. The van der Waals surface area contributed by atoms with Gasteiger partial charge in [-0.05, 0) is 25.1 Å². The maximum absolute atomic E-state index is 14.1. The van der Waals surface area contributed by atoms with E-state index in [0.717, 1.165) is 0 Å². The fourth-order valence-corrected chi connectivity index (χ4v) is 4.80.